The molecular formula is C18H22N2O5S. The van der Waals surface area contributed by atoms with Gasteiger partial charge in [0.15, 0.2) is 9.84 Å². The summed E-state index contributed by atoms with van der Waals surface area (Å²) < 4.78 is 28.7. The Balaban J connectivity index is 2.02. The second kappa shape index (κ2) is 8.20. The highest BCUT2D eigenvalue weighted by Gasteiger charge is 2.15. The number of urea groups is 1. The first-order valence-corrected chi connectivity index (χ1v) is 9.90. The molecule has 1 atom stereocenters. The van der Waals surface area contributed by atoms with Gasteiger partial charge < -0.3 is 10.5 Å². The molecule has 7 nitrogen and oxygen atoms in total. The second-order valence-electron chi connectivity index (χ2n) is 6.06. The number of hydrogen-bond donors (Lipinski definition) is 2. The van der Waals surface area contributed by atoms with Gasteiger partial charge in [0.25, 0.3) is 0 Å². The Labute approximate surface area is 152 Å². The van der Waals surface area contributed by atoms with Gasteiger partial charge in [-0.15, -0.1) is 0 Å². The number of hydrogen-bond acceptors (Lipinski definition) is 5. The van der Waals surface area contributed by atoms with Gasteiger partial charge in [-0.25, -0.2) is 18.3 Å². The lowest BCUT2D eigenvalue weighted by atomic mass is 10.1. The van der Waals surface area contributed by atoms with Crippen LogP contribution in [0, 0.1) is 0 Å². The molecule has 0 aliphatic carbocycles. The number of carbonyl (C=O) groups is 1. The molecule has 140 valence electrons. The van der Waals surface area contributed by atoms with E-state index in [1.807, 2.05) is 18.2 Å². The van der Waals surface area contributed by atoms with Crippen molar-refractivity contribution in [1.82, 2.24) is 5.06 Å². The number of hydroxylamine groups is 2. The van der Waals surface area contributed by atoms with Gasteiger partial charge in [0, 0.05) is 6.26 Å². The predicted octanol–water partition coefficient (Wildman–Crippen LogP) is 2.97. The summed E-state index contributed by atoms with van der Waals surface area (Å²) in [6, 6.07) is 12.3. The van der Waals surface area contributed by atoms with Gasteiger partial charge in [-0.1, -0.05) is 12.1 Å². The number of benzene rings is 2. The molecule has 0 aliphatic rings. The molecule has 0 spiro atoms. The van der Waals surface area contributed by atoms with Crippen LogP contribution in [0.5, 0.6) is 11.5 Å². The molecule has 26 heavy (non-hydrogen) atoms. The number of aryl methyl sites for hydroxylation is 1. The van der Waals surface area contributed by atoms with Gasteiger partial charge in [0.2, 0.25) is 0 Å². The summed E-state index contributed by atoms with van der Waals surface area (Å²) in [5.74, 6) is 1.14. The molecule has 0 heterocycles. The fraction of sp³-hybridized carbons (Fsp3) is 0.278. The molecule has 2 aromatic rings. The van der Waals surface area contributed by atoms with Crippen molar-refractivity contribution in [3.05, 3.63) is 54.1 Å². The lowest BCUT2D eigenvalue weighted by Crippen LogP contribution is -2.39. The zero-order valence-electron chi connectivity index (χ0n) is 14.6. The van der Waals surface area contributed by atoms with E-state index in [9.17, 15) is 18.4 Å². The molecule has 3 N–H and O–H groups in total. The third kappa shape index (κ3) is 5.47. The monoisotopic (exact) mass is 378 g/mol. The number of ether oxygens (including phenoxy) is 1. The largest absolute Gasteiger partial charge is 0.457 e. The van der Waals surface area contributed by atoms with E-state index in [1.54, 1.807) is 25.1 Å². The molecule has 1 unspecified atom stereocenters. The Kier molecular flexibility index (Phi) is 6.23. The van der Waals surface area contributed by atoms with Crippen molar-refractivity contribution in [1.29, 1.82) is 0 Å². The number of amides is 2. The van der Waals surface area contributed by atoms with Crippen LogP contribution in [0.2, 0.25) is 0 Å². The Bertz CT molecular complexity index is 865. The minimum atomic E-state index is -3.24. The zero-order valence-corrected chi connectivity index (χ0v) is 15.4. The SMILES string of the molecule is CC(CCc1cccc(Oc2ccc(S(C)(=O)=O)cc2)c1)N(O)C(N)=O. The third-order valence-electron chi connectivity index (χ3n) is 3.88. The third-order valence-corrected chi connectivity index (χ3v) is 5.01. The molecule has 2 amide bonds. The van der Waals surface area contributed by atoms with Crippen LogP contribution in [-0.4, -0.2) is 37.0 Å². The number of nitrogens with two attached hydrogens (primary N) is 1. The number of rotatable bonds is 7. The van der Waals surface area contributed by atoms with E-state index < -0.39 is 21.9 Å². The van der Waals surface area contributed by atoms with Gasteiger partial charge in [-0.2, -0.15) is 0 Å². The fourth-order valence-corrected chi connectivity index (χ4v) is 3.00. The average Bonchev–Trinajstić information content (AvgIpc) is 2.59. The van der Waals surface area contributed by atoms with Gasteiger partial charge in [-0.05, 0) is 61.7 Å². The van der Waals surface area contributed by atoms with Gasteiger partial charge >= 0.3 is 6.03 Å². The van der Waals surface area contributed by atoms with Crippen LogP contribution in [0.3, 0.4) is 0 Å². The molecule has 0 aliphatic heterocycles. The highest BCUT2D eigenvalue weighted by Crippen LogP contribution is 2.24. The van der Waals surface area contributed by atoms with Crippen LogP contribution >= 0.6 is 0 Å². The summed E-state index contributed by atoms with van der Waals surface area (Å²) in [7, 11) is -3.24. The predicted molar refractivity (Wildman–Crippen MR) is 97.1 cm³/mol. The summed E-state index contributed by atoms with van der Waals surface area (Å²) in [5, 5.41) is 10.0. The molecule has 2 rings (SSSR count). The van der Waals surface area contributed by atoms with E-state index in [0.717, 1.165) is 11.8 Å². The topological polar surface area (TPSA) is 110 Å². The summed E-state index contributed by atoms with van der Waals surface area (Å²) in [6.45, 7) is 1.70. The van der Waals surface area contributed by atoms with Crippen LogP contribution in [0.15, 0.2) is 53.4 Å². The van der Waals surface area contributed by atoms with E-state index in [-0.39, 0.29) is 4.90 Å². The number of primary amides is 1. The molecule has 2 aromatic carbocycles. The van der Waals surface area contributed by atoms with E-state index in [0.29, 0.717) is 29.4 Å². The van der Waals surface area contributed by atoms with Crippen molar-refractivity contribution in [2.45, 2.75) is 30.7 Å². The molecule has 0 aromatic heterocycles. The van der Waals surface area contributed by atoms with Crippen LogP contribution in [0.4, 0.5) is 4.79 Å². The van der Waals surface area contributed by atoms with Gasteiger partial charge in [0.05, 0.1) is 10.9 Å². The van der Waals surface area contributed by atoms with E-state index >= 15 is 0 Å². The number of sulfone groups is 1. The lowest BCUT2D eigenvalue weighted by Gasteiger charge is -2.20. The Morgan fingerprint density at radius 2 is 1.85 bits per heavy atom. The maximum Gasteiger partial charge on any atom is 0.338 e. The molecule has 0 saturated heterocycles. The van der Waals surface area contributed by atoms with Crippen molar-refractivity contribution in [2.24, 2.45) is 5.73 Å². The summed E-state index contributed by atoms with van der Waals surface area (Å²) in [5.41, 5.74) is 6.00. The minimum absolute atomic E-state index is 0.232. The van der Waals surface area contributed by atoms with Crippen LogP contribution in [-0.2, 0) is 16.3 Å². The van der Waals surface area contributed by atoms with Crippen LogP contribution < -0.4 is 10.5 Å². The summed E-state index contributed by atoms with van der Waals surface area (Å²) in [6.07, 6.45) is 2.31. The Hall–Kier alpha value is -2.58. The highest BCUT2D eigenvalue weighted by atomic mass is 32.2. The molecule has 0 fully saturated rings. The minimum Gasteiger partial charge on any atom is -0.457 e. The lowest BCUT2D eigenvalue weighted by molar-refractivity contribution is -0.0714. The Morgan fingerprint density at radius 3 is 2.42 bits per heavy atom. The fourth-order valence-electron chi connectivity index (χ4n) is 2.37. The van der Waals surface area contributed by atoms with Crippen molar-refractivity contribution in [3.63, 3.8) is 0 Å². The summed E-state index contributed by atoms with van der Waals surface area (Å²) in [4.78, 5) is 11.2. The van der Waals surface area contributed by atoms with Crippen LogP contribution in [0.1, 0.15) is 18.9 Å². The standard InChI is InChI=1S/C18H22N2O5S/c1-13(20(22)18(19)21)6-7-14-4-3-5-16(12-14)25-15-8-10-17(11-9-15)26(2,23)24/h3-5,8-13,22H,6-7H2,1-2H3,(H2,19,21). The van der Waals surface area contributed by atoms with Crippen molar-refractivity contribution >= 4 is 15.9 Å². The van der Waals surface area contributed by atoms with E-state index in [2.05, 4.69) is 0 Å². The maximum absolute atomic E-state index is 11.5. The molecule has 8 heteroatoms. The first-order valence-electron chi connectivity index (χ1n) is 8.01. The Morgan fingerprint density at radius 1 is 1.19 bits per heavy atom. The normalized spacial score (nSPS) is 12.4. The second-order valence-corrected chi connectivity index (χ2v) is 8.08. The smallest absolute Gasteiger partial charge is 0.338 e. The van der Waals surface area contributed by atoms with E-state index in [1.165, 1.54) is 12.1 Å². The highest BCUT2D eigenvalue weighted by molar-refractivity contribution is 7.90. The maximum atomic E-state index is 11.5. The first-order chi connectivity index (χ1) is 12.2. The van der Waals surface area contributed by atoms with Crippen LogP contribution in [0.25, 0.3) is 0 Å². The molecular weight excluding hydrogens is 356 g/mol. The van der Waals surface area contributed by atoms with Crippen molar-refractivity contribution in [2.75, 3.05) is 6.26 Å². The number of nitrogens with zero attached hydrogens (tertiary/aromatic N) is 1. The van der Waals surface area contributed by atoms with Gasteiger partial charge in [0.1, 0.15) is 11.5 Å². The van der Waals surface area contributed by atoms with Crippen molar-refractivity contribution < 1.29 is 23.2 Å². The molecule has 0 radical (unpaired) electrons. The quantitative estimate of drug-likeness (QED) is 0.568. The van der Waals surface area contributed by atoms with Gasteiger partial charge in [-0.3, -0.25) is 5.21 Å². The zero-order chi connectivity index (χ0) is 19.3. The van der Waals surface area contributed by atoms with Crippen molar-refractivity contribution in [3.8, 4) is 11.5 Å². The summed E-state index contributed by atoms with van der Waals surface area (Å²) >= 11 is 0. The number of carbonyl (C=O) groups excluding carboxylic acids is 1. The first kappa shape index (κ1) is 19.7. The van der Waals surface area contributed by atoms with E-state index in [4.69, 9.17) is 10.5 Å². The molecule has 0 saturated carbocycles. The molecule has 0 bridgehead atoms. The average molecular weight is 378 g/mol.